The minimum Gasteiger partial charge on any atom is -0.313 e. The Morgan fingerprint density at radius 3 is 2.57 bits per heavy atom. The summed E-state index contributed by atoms with van der Waals surface area (Å²) in [5.74, 6) is 0. The fraction of sp³-hybridized carbons (Fsp3) is 1.00. The van der Waals surface area contributed by atoms with Crippen LogP contribution in [0.3, 0.4) is 0 Å². The fourth-order valence-corrected chi connectivity index (χ4v) is 3.13. The van der Waals surface area contributed by atoms with Crippen molar-refractivity contribution in [3.63, 3.8) is 0 Å². The van der Waals surface area contributed by atoms with Gasteiger partial charge in [-0.25, -0.2) is 0 Å². The standard InChI is InChI=1S/C12H24N2/c1-2-13-11-7-6-8-12(11)14-9-4-3-5-10-14/h11-13H,2-10H2,1H3. The van der Waals surface area contributed by atoms with E-state index in [4.69, 9.17) is 0 Å². The molecule has 82 valence electrons. The van der Waals surface area contributed by atoms with Crippen LogP contribution in [0.2, 0.25) is 0 Å². The number of hydrogen-bond acceptors (Lipinski definition) is 2. The highest BCUT2D eigenvalue weighted by atomic mass is 15.2. The van der Waals surface area contributed by atoms with Crippen LogP contribution in [0.5, 0.6) is 0 Å². The van der Waals surface area contributed by atoms with Gasteiger partial charge in [-0.15, -0.1) is 0 Å². The Kier molecular flexibility index (Phi) is 3.82. The van der Waals surface area contributed by atoms with Crippen molar-refractivity contribution >= 4 is 0 Å². The first-order valence-electron chi connectivity index (χ1n) is 6.39. The first-order valence-corrected chi connectivity index (χ1v) is 6.39. The molecule has 2 aliphatic rings. The van der Waals surface area contributed by atoms with Gasteiger partial charge in [-0.05, 0) is 45.3 Å². The van der Waals surface area contributed by atoms with E-state index in [0.29, 0.717) is 0 Å². The van der Waals surface area contributed by atoms with Gasteiger partial charge in [0.1, 0.15) is 0 Å². The number of piperidine rings is 1. The Balaban J connectivity index is 1.87. The van der Waals surface area contributed by atoms with Crippen molar-refractivity contribution in [3.8, 4) is 0 Å². The van der Waals surface area contributed by atoms with Crippen LogP contribution in [0.1, 0.15) is 45.4 Å². The summed E-state index contributed by atoms with van der Waals surface area (Å²) in [5.41, 5.74) is 0. The molecule has 1 saturated heterocycles. The largest absolute Gasteiger partial charge is 0.313 e. The van der Waals surface area contributed by atoms with E-state index in [9.17, 15) is 0 Å². The van der Waals surface area contributed by atoms with Crippen LogP contribution in [-0.4, -0.2) is 36.6 Å². The summed E-state index contributed by atoms with van der Waals surface area (Å²) >= 11 is 0. The molecule has 2 nitrogen and oxygen atoms in total. The van der Waals surface area contributed by atoms with Gasteiger partial charge in [-0.3, -0.25) is 4.90 Å². The normalized spacial score (nSPS) is 34.9. The average Bonchev–Trinajstić information content (AvgIpc) is 2.68. The summed E-state index contributed by atoms with van der Waals surface area (Å²) in [6.45, 7) is 6.07. The molecule has 0 aromatic rings. The van der Waals surface area contributed by atoms with E-state index in [2.05, 4.69) is 17.1 Å². The third-order valence-corrected chi connectivity index (χ3v) is 3.81. The molecular weight excluding hydrogens is 172 g/mol. The van der Waals surface area contributed by atoms with Gasteiger partial charge in [0.25, 0.3) is 0 Å². The molecule has 2 unspecified atom stereocenters. The zero-order chi connectivity index (χ0) is 9.80. The molecule has 0 bridgehead atoms. The van der Waals surface area contributed by atoms with Crippen molar-refractivity contribution in [1.29, 1.82) is 0 Å². The van der Waals surface area contributed by atoms with E-state index in [1.54, 1.807) is 0 Å². The van der Waals surface area contributed by atoms with Crippen LogP contribution < -0.4 is 5.32 Å². The van der Waals surface area contributed by atoms with Gasteiger partial charge < -0.3 is 5.32 Å². The number of nitrogens with one attached hydrogen (secondary N) is 1. The molecule has 2 heteroatoms. The lowest BCUT2D eigenvalue weighted by Gasteiger charge is -2.36. The number of nitrogens with zero attached hydrogens (tertiary/aromatic N) is 1. The summed E-state index contributed by atoms with van der Waals surface area (Å²) in [4.78, 5) is 2.74. The maximum Gasteiger partial charge on any atom is 0.0249 e. The van der Waals surface area contributed by atoms with Crippen molar-refractivity contribution in [2.75, 3.05) is 19.6 Å². The quantitative estimate of drug-likeness (QED) is 0.743. The summed E-state index contributed by atoms with van der Waals surface area (Å²) in [7, 11) is 0. The predicted molar refractivity (Wildman–Crippen MR) is 60.5 cm³/mol. The smallest absolute Gasteiger partial charge is 0.0249 e. The van der Waals surface area contributed by atoms with Crippen molar-refractivity contribution < 1.29 is 0 Å². The molecule has 14 heavy (non-hydrogen) atoms. The van der Waals surface area contributed by atoms with E-state index in [-0.39, 0.29) is 0 Å². The summed E-state index contributed by atoms with van der Waals surface area (Å²) in [6, 6.07) is 1.65. The molecule has 2 atom stereocenters. The highest BCUT2D eigenvalue weighted by Gasteiger charge is 2.31. The molecular formula is C12H24N2. The molecule has 0 aromatic carbocycles. The third-order valence-electron chi connectivity index (χ3n) is 3.81. The van der Waals surface area contributed by atoms with E-state index in [1.807, 2.05) is 0 Å². The monoisotopic (exact) mass is 196 g/mol. The highest BCUT2D eigenvalue weighted by molar-refractivity contribution is 4.90. The molecule has 1 saturated carbocycles. The van der Waals surface area contributed by atoms with Gasteiger partial charge in [0.15, 0.2) is 0 Å². The van der Waals surface area contributed by atoms with Gasteiger partial charge in [0, 0.05) is 12.1 Å². The lowest BCUT2D eigenvalue weighted by molar-refractivity contribution is 0.144. The second-order valence-electron chi connectivity index (χ2n) is 4.76. The average molecular weight is 196 g/mol. The van der Waals surface area contributed by atoms with Gasteiger partial charge >= 0.3 is 0 Å². The Morgan fingerprint density at radius 1 is 1.07 bits per heavy atom. The molecule has 1 heterocycles. The number of likely N-dealkylation sites (tertiary alicyclic amines) is 1. The summed E-state index contributed by atoms with van der Waals surface area (Å²) in [6.07, 6.45) is 8.56. The minimum absolute atomic E-state index is 0.790. The van der Waals surface area contributed by atoms with E-state index < -0.39 is 0 Å². The predicted octanol–water partition coefficient (Wildman–Crippen LogP) is 2.00. The number of hydrogen-bond donors (Lipinski definition) is 1. The fourth-order valence-electron chi connectivity index (χ4n) is 3.13. The first-order chi connectivity index (χ1) is 6.92. The zero-order valence-corrected chi connectivity index (χ0v) is 9.47. The van der Waals surface area contributed by atoms with Crippen LogP contribution in [-0.2, 0) is 0 Å². The van der Waals surface area contributed by atoms with Crippen molar-refractivity contribution in [3.05, 3.63) is 0 Å². The lowest BCUT2D eigenvalue weighted by Crippen LogP contribution is -2.48. The second kappa shape index (κ2) is 5.13. The molecule has 2 fully saturated rings. The topological polar surface area (TPSA) is 15.3 Å². The molecule has 1 N–H and O–H groups in total. The molecule has 1 aliphatic heterocycles. The third kappa shape index (κ3) is 2.29. The van der Waals surface area contributed by atoms with Gasteiger partial charge in [0.05, 0.1) is 0 Å². The van der Waals surface area contributed by atoms with Crippen molar-refractivity contribution in [1.82, 2.24) is 10.2 Å². The van der Waals surface area contributed by atoms with Gasteiger partial charge in [-0.2, -0.15) is 0 Å². The Morgan fingerprint density at radius 2 is 1.86 bits per heavy atom. The number of rotatable bonds is 3. The molecule has 0 aromatic heterocycles. The van der Waals surface area contributed by atoms with Crippen LogP contribution in [0.25, 0.3) is 0 Å². The Bertz CT molecular complexity index is 164. The number of likely N-dealkylation sites (N-methyl/N-ethyl adjacent to an activating group) is 1. The summed E-state index contributed by atoms with van der Waals surface area (Å²) < 4.78 is 0. The SMILES string of the molecule is CCNC1CCCC1N1CCCCC1. The highest BCUT2D eigenvalue weighted by Crippen LogP contribution is 2.26. The van der Waals surface area contributed by atoms with Gasteiger partial charge in [-0.1, -0.05) is 19.8 Å². The molecule has 2 rings (SSSR count). The van der Waals surface area contributed by atoms with Crippen LogP contribution in [0.15, 0.2) is 0 Å². The minimum atomic E-state index is 0.790. The van der Waals surface area contributed by atoms with Crippen LogP contribution in [0, 0.1) is 0 Å². The maximum absolute atomic E-state index is 3.65. The van der Waals surface area contributed by atoms with Crippen LogP contribution in [0.4, 0.5) is 0 Å². The van der Waals surface area contributed by atoms with E-state index >= 15 is 0 Å². The molecule has 0 spiro atoms. The van der Waals surface area contributed by atoms with Gasteiger partial charge in [0.2, 0.25) is 0 Å². The molecule has 0 radical (unpaired) electrons. The summed E-state index contributed by atoms with van der Waals surface area (Å²) in [5, 5.41) is 3.65. The second-order valence-corrected chi connectivity index (χ2v) is 4.76. The Labute approximate surface area is 88.1 Å². The van der Waals surface area contributed by atoms with Crippen molar-refractivity contribution in [2.24, 2.45) is 0 Å². The van der Waals surface area contributed by atoms with Crippen molar-refractivity contribution in [2.45, 2.75) is 57.5 Å². The zero-order valence-electron chi connectivity index (χ0n) is 9.47. The maximum atomic E-state index is 3.65. The Hall–Kier alpha value is -0.0800. The molecule has 0 amide bonds. The lowest BCUT2D eigenvalue weighted by atomic mass is 10.0. The first kappa shape index (κ1) is 10.4. The van der Waals surface area contributed by atoms with E-state index in [0.717, 1.165) is 18.6 Å². The molecule has 1 aliphatic carbocycles. The van der Waals surface area contributed by atoms with E-state index in [1.165, 1.54) is 51.6 Å². The van der Waals surface area contributed by atoms with Crippen LogP contribution >= 0.6 is 0 Å².